The third-order valence-electron chi connectivity index (χ3n) is 11.0. The summed E-state index contributed by atoms with van der Waals surface area (Å²) in [4.78, 5) is 15.2. The molecule has 39 heavy (non-hydrogen) atoms. The Morgan fingerprint density at radius 1 is 1.18 bits per heavy atom. The van der Waals surface area contributed by atoms with Gasteiger partial charge in [-0.2, -0.15) is 4.65 Å². The number of ether oxygens (including phenoxy) is 1. The molecule has 3 N–H and O–H groups in total. The fraction of sp³-hybridized carbons (Fsp3) is 0.581. The standard InChI is InChI=1S/C31H38N2O6/c1-17-18(2)24(38-19(17)3)9-10-26(35)32(4)22-11-12-31(36)25-15-21-7-8-23(34)28-27(21)30(31,29(22)39-28)13-14-33(25,37)16-20-5-6-20/h7-10,20,22,25,29,36-37H,5-6,11-16H2,1-4H3/p+1/b10-9+/t22-,25-,29-,30-,31+,33?/m0/s1. The predicted octanol–water partition coefficient (Wildman–Crippen LogP) is 3.92. The Labute approximate surface area is 229 Å². The smallest absolute Gasteiger partial charge is 0.246 e. The number of hydroxylamine groups is 3. The molecule has 8 nitrogen and oxygen atoms in total. The number of benzene rings is 1. The molecule has 1 saturated heterocycles. The van der Waals surface area contributed by atoms with Crippen LogP contribution in [0.4, 0.5) is 0 Å². The highest BCUT2D eigenvalue weighted by atomic mass is 16.6. The number of likely N-dealkylation sites (tertiary alicyclic amines) is 1. The van der Waals surface area contributed by atoms with Gasteiger partial charge in [0.1, 0.15) is 36.3 Å². The number of amides is 1. The van der Waals surface area contributed by atoms with Gasteiger partial charge in [0.15, 0.2) is 17.5 Å². The minimum absolute atomic E-state index is 0.0679. The Balaban J connectivity index is 1.26. The summed E-state index contributed by atoms with van der Waals surface area (Å²) >= 11 is 0. The minimum Gasteiger partial charge on any atom is -0.504 e. The van der Waals surface area contributed by atoms with Crippen molar-refractivity contribution in [2.24, 2.45) is 5.92 Å². The first-order chi connectivity index (χ1) is 18.5. The third kappa shape index (κ3) is 3.25. The fourth-order valence-electron chi connectivity index (χ4n) is 8.51. The molecule has 8 heteroatoms. The maximum absolute atomic E-state index is 13.5. The lowest BCUT2D eigenvalue weighted by Crippen LogP contribution is -2.82. The number of phenols is 1. The highest BCUT2D eigenvalue weighted by Crippen LogP contribution is 2.66. The number of aromatic hydroxyl groups is 1. The molecule has 3 heterocycles. The molecule has 208 valence electrons. The van der Waals surface area contributed by atoms with E-state index >= 15 is 0 Å². The number of furan rings is 1. The summed E-state index contributed by atoms with van der Waals surface area (Å²) in [5.41, 5.74) is 2.04. The summed E-state index contributed by atoms with van der Waals surface area (Å²) < 4.78 is 12.3. The number of carbonyl (C=O) groups is 1. The van der Waals surface area contributed by atoms with Crippen molar-refractivity contribution in [1.29, 1.82) is 0 Å². The summed E-state index contributed by atoms with van der Waals surface area (Å²) in [6.07, 6.45) is 7.11. The average molecular weight is 536 g/mol. The first kappa shape index (κ1) is 25.2. The molecule has 6 atom stereocenters. The molecule has 1 aromatic heterocycles. The van der Waals surface area contributed by atoms with Crippen molar-refractivity contribution in [3.63, 3.8) is 0 Å². The van der Waals surface area contributed by atoms with Crippen LogP contribution in [0.1, 0.15) is 65.9 Å². The van der Waals surface area contributed by atoms with E-state index in [1.165, 1.54) is 0 Å². The van der Waals surface area contributed by atoms with Gasteiger partial charge in [-0.15, -0.1) is 0 Å². The van der Waals surface area contributed by atoms with E-state index < -0.39 is 17.1 Å². The predicted molar refractivity (Wildman–Crippen MR) is 144 cm³/mol. The van der Waals surface area contributed by atoms with Gasteiger partial charge in [-0.05, 0) is 75.3 Å². The van der Waals surface area contributed by atoms with Gasteiger partial charge in [0, 0.05) is 37.4 Å². The molecule has 0 radical (unpaired) electrons. The van der Waals surface area contributed by atoms with Crippen LogP contribution >= 0.6 is 0 Å². The number of aliphatic hydroxyl groups is 1. The number of piperidine rings is 1. The minimum atomic E-state index is -1.19. The number of aryl methyl sites for hydroxylation is 1. The zero-order chi connectivity index (χ0) is 27.5. The van der Waals surface area contributed by atoms with Crippen molar-refractivity contribution in [2.75, 3.05) is 20.1 Å². The highest BCUT2D eigenvalue weighted by molar-refractivity contribution is 5.91. The summed E-state index contributed by atoms with van der Waals surface area (Å²) in [7, 11) is 1.79. The van der Waals surface area contributed by atoms with Crippen LogP contribution in [0.3, 0.4) is 0 Å². The van der Waals surface area contributed by atoms with Gasteiger partial charge in [0.25, 0.3) is 0 Å². The van der Waals surface area contributed by atoms with Crippen LogP contribution in [0.25, 0.3) is 6.08 Å². The Bertz CT molecular complexity index is 1410. The lowest BCUT2D eigenvalue weighted by molar-refractivity contribution is -1.13. The molecule has 5 aliphatic rings. The quantitative estimate of drug-likeness (QED) is 0.396. The van der Waals surface area contributed by atoms with Gasteiger partial charge in [-0.1, -0.05) is 6.07 Å². The van der Waals surface area contributed by atoms with Crippen LogP contribution in [0.5, 0.6) is 11.5 Å². The van der Waals surface area contributed by atoms with Crippen molar-refractivity contribution in [3.05, 3.63) is 52.0 Å². The van der Waals surface area contributed by atoms with E-state index in [4.69, 9.17) is 9.15 Å². The van der Waals surface area contributed by atoms with E-state index in [-0.39, 0.29) is 28.4 Å². The van der Waals surface area contributed by atoms with Gasteiger partial charge < -0.3 is 24.3 Å². The zero-order valence-corrected chi connectivity index (χ0v) is 23.2. The number of carbonyl (C=O) groups excluding carboxylic acids is 1. The van der Waals surface area contributed by atoms with Crippen molar-refractivity contribution in [2.45, 2.75) is 88.5 Å². The Kier molecular flexibility index (Phi) is 5.24. The molecule has 1 amide bonds. The van der Waals surface area contributed by atoms with E-state index in [2.05, 4.69) is 0 Å². The van der Waals surface area contributed by atoms with Crippen LogP contribution in [0.2, 0.25) is 0 Å². The second-order valence-corrected chi connectivity index (χ2v) is 12.8. The largest absolute Gasteiger partial charge is 0.504 e. The van der Waals surface area contributed by atoms with E-state index in [1.807, 2.05) is 26.8 Å². The second kappa shape index (κ2) is 8.12. The van der Waals surface area contributed by atoms with Gasteiger partial charge in [-0.3, -0.25) is 4.79 Å². The number of rotatable bonds is 5. The lowest BCUT2D eigenvalue weighted by Gasteiger charge is -2.64. The molecule has 2 aliphatic heterocycles. The van der Waals surface area contributed by atoms with Crippen LogP contribution < -0.4 is 4.74 Å². The maximum Gasteiger partial charge on any atom is 0.246 e. The zero-order valence-electron chi connectivity index (χ0n) is 23.2. The number of phenolic OH excluding ortho intramolecular Hbond substituents is 1. The SMILES string of the molecule is Cc1oc(/C=C/C(=O)N(C)[C@H]2CC[C@@]3(O)[C@@H]4Cc5ccc(O)c6c5[C@@]3(CC[N+]4(O)CC3CC3)[C@H]2O6)c(C)c1C. The number of likely N-dealkylation sites (N-methyl/N-ethyl adjacent to an activating group) is 1. The Morgan fingerprint density at radius 3 is 2.64 bits per heavy atom. The van der Waals surface area contributed by atoms with Crippen molar-refractivity contribution in [3.8, 4) is 11.5 Å². The van der Waals surface area contributed by atoms with Crippen LogP contribution in [0, 0.1) is 26.7 Å². The fourth-order valence-corrected chi connectivity index (χ4v) is 8.51. The number of hydrogen-bond donors (Lipinski definition) is 3. The molecule has 2 saturated carbocycles. The first-order valence-corrected chi connectivity index (χ1v) is 14.4. The Morgan fingerprint density at radius 2 is 1.95 bits per heavy atom. The van der Waals surface area contributed by atoms with Gasteiger partial charge in [-0.25, -0.2) is 5.21 Å². The summed E-state index contributed by atoms with van der Waals surface area (Å²) in [5.74, 6) is 2.37. The Hall–Kier alpha value is -2.81. The highest BCUT2D eigenvalue weighted by Gasteiger charge is 2.77. The van der Waals surface area contributed by atoms with Crippen molar-refractivity contribution >= 4 is 12.0 Å². The number of hydrogen-bond acceptors (Lipinski definition) is 6. The second-order valence-electron chi connectivity index (χ2n) is 12.8. The first-order valence-electron chi connectivity index (χ1n) is 14.4. The number of nitrogens with zero attached hydrogens (tertiary/aromatic N) is 2. The molecule has 3 fully saturated rings. The molecule has 1 unspecified atom stereocenters. The molecular weight excluding hydrogens is 496 g/mol. The van der Waals surface area contributed by atoms with E-state index in [0.717, 1.165) is 40.9 Å². The van der Waals surface area contributed by atoms with Crippen LogP contribution in [-0.2, 0) is 16.6 Å². The summed E-state index contributed by atoms with van der Waals surface area (Å²) in [5, 5.41) is 35.5. The van der Waals surface area contributed by atoms with E-state index in [0.29, 0.717) is 56.2 Å². The molecule has 7 rings (SSSR count). The van der Waals surface area contributed by atoms with Crippen molar-refractivity contribution < 1.29 is 34.0 Å². The monoisotopic (exact) mass is 535 g/mol. The lowest BCUT2D eigenvalue weighted by atomic mass is 9.48. The van der Waals surface area contributed by atoms with Crippen LogP contribution in [0.15, 0.2) is 22.6 Å². The normalized spacial score (nSPS) is 36.1. The van der Waals surface area contributed by atoms with Crippen molar-refractivity contribution in [1.82, 2.24) is 4.90 Å². The van der Waals surface area contributed by atoms with Crippen LogP contribution in [-0.4, -0.2) is 74.8 Å². The van der Waals surface area contributed by atoms with Gasteiger partial charge in [0.05, 0.1) is 11.5 Å². The number of quaternary nitrogens is 1. The van der Waals surface area contributed by atoms with E-state index in [1.54, 1.807) is 30.2 Å². The topological polar surface area (TPSA) is 103 Å². The average Bonchev–Trinajstić information content (AvgIpc) is 3.58. The van der Waals surface area contributed by atoms with Gasteiger partial charge >= 0.3 is 0 Å². The maximum atomic E-state index is 13.5. The summed E-state index contributed by atoms with van der Waals surface area (Å²) in [6.45, 7) is 7.11. The van der Waals surface area contributed by atoms with E-state index in [9.17, 15) is 20.2 Å². The summed E-state index contributed by atoms with van der Waals surface area (Å²) in [6, 6.07) is 2.93. The molecule has 3 aliphatic carbocycles. The molecule has 1 aromatic carbocycles. The molecular formula is C31H39N2O6+. The molecule has 2 aromatic rings. The molecule has 2 bridgehead atoms. The third-order valence-corrected chi connectivity index (χ3v) is 11.0. The molecule has 1 spiro atoms. The van der Waals surface area contributed by atoms with Gasteiger partial charge in [0.2, 0.25) is 5.91 Å².